The van der Waals surface area contributed by atoms with Gasteiger partial charge in [0, 0.05) is 21.6 Å². The first-order chi connectivity index (χ1) is 18.2. The summed E-state index contributed by atoms with van der Waals surface area (Å²) in [6.45, 7) is 8.58. The molecule has 0 heterocycles. The fourth-order valence-electron chi connectivity index (χ4n) is 3.87. The van der Waals surface area contributed by atoms with E-state index in [0.29, 0.717) is 5.02 Å². The van der Waals surface area contributed by atoms with Gasteiger partial charge in [0.1, 0.15) is 12.6 Å². The van der Waals surface area contributed by atoms with Crippen molar-refractivity contribution in [3.63, 3.8) is 0 Å². The molecule has 3 aromatic carbocycles. The minimum Gasteiger partial charge on any atom is -0.350 e. The molecule has 0 saturated heterocycles. The summed E-state index contributed by atoms with van der Waals surface area (Å²) in [7, 11) is -4.15. The number of nitrogens with one attached hydrogen (secondary N) is 1. The number of anilines is 1. The van der Waals surface area contributed by atoms with E-state index >= 15 is 0 Å². The van der Waals surface area contributed by atoms with Crippen molar-refractivity contribution < 1.29 is 18.0 Å². The Bertz CT molecular complexity index is 1440. The Labute approximate surface area is 244 Å². The molecule has 0 aliphatic carbocycles. The molecule has 0 aromatic heterocycles. The van der Waals surface area contributed by atoms with Crippen molar-refractivity contribution in [1.82, 2.24) is 10.2 Å². The molecule has 39 heavy (non-hydrogen) atoms. The van der Waals surface area contributed by atoms with Crippen LogP contribution in [0.1, 0.15) is 38.8 Å². The first kappa shape index (κ1) is 30.7. The summed E-state index contributed by atoms with van der Waals surface area (Å²) in [5.41, 5.74) is 1.28. The molecule has 0 unspecified atom stereocenters. The van der Waals surface area contributed by atoms with E-state index in [9.17, 15) is 18.0 Å². The molecule has 0 spiro atoms. The number of carbonyl (C=O) groups is 2. The van der Waals surface area contributed by atoms with Gasteiger partial charge in [0.05, 0.1) is 10.6 Å². The predicted molar refractivity (Wildman–Crippen MR) is 159 cm³/mol. The Morgan fingerprint density at radius 1 is 1.00 bits per heavy atom. The minimum absolute atomic E-state index is 0.0339. The highest BCUT2D eigenvalue weighted by Crippen LogP contribution is 2.28. The van der Waals surface area contributed by atoms with Crippen molar-refractivity contribution in [3.8, 4) is 0 Å². The molecule has 1 N–H and O–H groups in total. The monoisotopic (exact) mass is 633 g/mol. The second-order valence-electron chi connectivity index (χ2n) is 10.3. The van der Waals surface area contributed by atoms with Crippen LogP contribution >= 0.6 is 27.5 Å². The van der Waals surface area contributed by atoms with E-state index in [1.807, 2.05) is 52.0 Å². The minimum atomic E-state index is -4.15. The van der Waals surface area contributed by atoms with Crippen molar-refractivity contribution >= 4 is 55.1 Å². The number of hydrogen-bond acceptors (Lipinski definition) is 4. The zero-order chi connectivity index (χ0) is 29.0. The Kier molecular flexibility index (Phi) is 9.85. The van der Waals surface area contributed by atoms with Crippen molar-refractivity contribution in [3.05, 3.63) is 93.4 Å². The number of sulfonamides is 1. The maximum atomic E-state index is 14.0. The summed E-state index contributed by atoms with van der Waals surface area (Å²) < 4.78 is 29.5. The molecule has 0 radical (unpaired) electrons. The fraction of sp³-hybridized carbons (Fsp3) is 0.310. The van der Waals surface area contributed by atoms with Crippen molar-refractivity contribution in [1.29, 1.82) is 0 Å². The van der Waals surface area contributed by atoms with Crippen LogP contribution in [0, 0.1) is 6.92 Å². The number of benzene rings is 3. The quantitative estimate of drug-likeness (QED) is 0.316. The van der Waals surface area contributed by atoms with Crippen LogP contribution in [0.2, 0.25) is 5.02 Å². The molecule has 3 aromatic rings. The molecule has 3 rings (SSSR count). The largest absolute Gasteiger partial charge is 0.350 e. The van der Waals surface area contributed by atoms with Crippen LogP contribution in [0.3, 0.4) is 0 Å². The van der Waals surface area contributed by atoms with Gasteiger partial charge in [-0.25, -0.2) is 8.42 Å². The van der Waals surface area contributed by atoms with Crippen LogP contribution in [-0.4, -0.2) is 43.3 Å². The van der Waals surface area contributed by atoms with Gasteiger partial charge >= 0.3 is 0 Å². The zero-order valence-electron chi connectivity index (χ0n) is 22.6. The van der Waals surface area contributed by atoms with Crippen LogP contribution in [-0.2, 0) is 26.2 Å². The second kappa shape index (κ2) is 12.5. The second-order valence-corrected chi connectivity index (χ2v) is 13.5. The highest BCUT2D eigenvalue weighted by Gasteiger charge is 2.33. The molecule has 0 aliphatic rings. The van der Waals surface area contributed by atoms with Gasteiger partial charge in [0.2, 0.25) is 11.8 Å². The third-order valence-electron chi connectivity index (χ3n) is 5.96. The Morgan fingerprint density at radius 2 is 1.67 bits per heavy atom. The lowest BCUT2D eigenvalue weighted by atomic mass is 10.1. The Morgan fingerprint density at radius 3 is 2.26 bits per heavy atom. The topological polar surface area (TPSA) is 86.8 Å². The number of hydrogen-bond donors (Lipinski definition) is 1. The molecule has 208 valence electrons. The van der Waals surface area contributed by atoms with E-state index in [-0.39, 0.29) is 23.0 Å². The Hall–Kier alpha value is -2.88. The SMILES string of the molecule is Cc1ccc(N(CC(=O)N(Cc2cccc(Br)c2)[C@H](C)C(=O)NC(C)(C)C)S(=O)(=O)c2ccccc2)cc1Cl. The molecule has 1 atom stereocenters. The predicted octanol–water partition coefficient (Wildman–Crippen LogP) is 5.94. The number of aryl methyl sites for hydroxylation is 1. The van der Waals surface area contributed by atoms with E-state index in [0.717, 1.165) is 19.9 Å². The number of rotatable bonds is 9. The van der Waals surface area contributed by atoms with E-state index in [1.165, 1.54) is 23.1 Å². The lowest BCUT2D eigenvalue weighted by Gasteiger charge is -2.33. The zero-order valence-corrected chi connectivity index (χ0v) is 25.8. The van der Waals surface area contributed by atoms with Crippen LogP contribution in [0.25, 0.3) is 0 Å². The third kappa shape index (κ3) is 8.06. The molecule has 0 saturated carbocycles. The lowest BCUT2D eigenvalue weighted by molar-refractivity contribution is -0.140. The summed E-state index contributed by atoms with van der Waals surface area (Å²) in [5.74, 6) is -0.885. The van der Waals surface area contributed by atoms with Gasteiger partial charge in [0.25, 0.3) is 10.0 Å². The molecular formula is C29H33BrClN3O4S. The van der Waals surface area contributed by atoms with Crippen LogP contribution in [0.4, 0.5) is 5.69 Å². The fourth-order valence-corrected chi connectivity index (χ4v) is 5.92. The summed E-state index contributed by atoms with van der Waals surface area (Å²) >= 11 is 9.80. The number of halogens is 2. The number of carbonyl (C=O) groups excluding carboxylic acids is 2. The number of amides is 2. The molecule has 0 bridgehead atoms. The molecule has 7 nitrogen and oxygen atoms in total. The van der Waals surface area contributed by atoms with E-state index in [2.05, 4.69) is 21.2 Å². The van der Waals surface area contributed by atoms with Gasteiger partial charge in [-0.1, -0.05) is 63.9 Å². The average molecular weight is 635 g/mol. The number of nitrogens with zero attached hydrogens (tertiary/aromatic N) is 2. The van der Waals surface area contributed by atoms with E-state index in [4.69, 9.17) is 11.6 Å². The van der Waals surface area contributed by atoms with Crippen molar-refractivity contribution in [2.75, 3.05) is 10.8 Å². The van der Waals surface area contributed by atoms with Crippen LogP contribution < -0.4 is 9.62 Å². The average Bonchev–Trinajstić information content (AvgIpc) is 2.86. The van der Waals surface area contributed by atoms with E-state index in [1.54, 1.807) is 37.3 Å². The highest BCUT2D eigenvalue weighted by molar-refractivity contribution is 9.10. The van der Waals surface area contributed by atoms with Crippen LogP contribution in [0.15, 0.2) is 82.2 Å². The van der Waals surface area contributed by atoms with Gasteiger partial charge in [-0.05, 0) is 82.1 Å². The molecule has 0 aliphatic heterocycles. The smallest absolute Gasteiger partial charge is 0.264 e. The van der Waals surface area contributed by atoms with Gasteiger partial charge in [-0.2, -0.15) is 0 Å². The first-order valence-electron chi connectivity index (χ1n) is 12.4. The summed E-state index contributed by atoms with van der Waals surface area (Å²) in [4.78, 5) is 28.5. The van der Waals surface area contributed by atoms with E-state index < -0.39 is 34.1 Å². The normalized spacial score (nSPS) is 12.5. The highest BCUT2D eigenvalue weighted by atomic mass is 79.9. The first-order valence-corrected chi connectivity index (χ1v) is 15.0. The van der Waals surface area contributed by atoms with Gasteiger partial charge in [-0.3, -0.25) is 13.9 Å². The summed E-state index contributed by atoms with van der Waals surface area (Å²) in [6, 6.07) is 19.3. The van der Waals surface area contributed by atoms with Crippen molar-refractivity contribution in [2.24, 2.45) is 0 Å². The standard InChI is InChI=1S/C29H33BrClN3O4S/c1-20-14-15-24(17-26(20)31)34(39(37,38)25-12-7-6-8-13-25)19-27(35)33(18-22-10-9-11-23(30)16-22)21(2)28(36)32-29(3,4)5/h6-17,21H,18-19H2,1-5H3,(H,32,36)/t21-/m1/s1. The summed E-state index contributed by atoms with van der Waals surface area (Å²) in [6.07, 6.45) is 0. The molecule has 10 heteroatoms. The van der Waals surface area contributed by atoms with Crippen LogP contribution in [0.5, 0.6) is 0 Å². The maximum Gasteiger partial charge on any atom is 0.264 e. The lowest BCUT2D eigenvalue weighted by Crippen LogP contribution is -2.54. The van der Waals surface area contributed by atoms with Gasteiger partial charge < -0.3 is 10.2 Å². The summed E-state index contributed by atoms with van der Waals surface area (Å²) in [5, 5.41) is 3.29. The molecule has 0 fully saturated rings. The van der Waals surface area contributed by atoms with Gasteiger partial charge in [-0.15, -0.1) is 0 Å². The van der Waals surface area contributed by atoms with Crippen molar-refractivity contribution in [2.45, 2.75) is 57.6 Å². The Balaban J connectivity index is 2.05. The maximum absolute atomic E-state index is 14.0. The molecule has 2 amide bonds. The third-order valence-corrected chi connectivity index (χ3v) is 8.65. The van der Waals surface area contributed by atoms with Gasteiger partial charge in [0.15, 0.2) is 0 Å². The molecular weight excluding hydrogens is 602 g/mol.